The van der Waals surface area contributed by atoms with Gasteiger partial charge < -0.3 is 9.47 Å². The Morgan fingerprint density at radius 3 is 2.19 bits per heavy atom. The lowest BCUT2D eigenvalue weighted by Gasteiger charge is -2.28. The lowest BCUT2D eigenvalue weighted by Crippen LogP contribution is -2.47. The van der Waals surface area contributed by atoms with Gasteiger partial charge in [0, 0.05) is 13.2 Å². The van der Waals surface area contributed by atoms with Gasteiger partial charge in [0.15, 0.2) is 6.29 Å². The summed E-state index contributed by atoms with van der Waals surface area (Å²) in [5, 5.41) is 0. The van der Waals surface area contributed by atoms with Crippen LogP contribution in [0, 0.1) is 5.92 Å². The Kier molecular flexibility index (Phi) is 6.96. The van der Waals surface area contributed by atoms with E-state index in [0.717, 1.165) is 12.3 Å². The minimum absolute atomic E-state index is 0.114. The van der Waals surface area contributed by atoms with Crippen LogP contribution in [0.5, 0.6) is 0 Å². The summed E-state index contributed by atoms with van der Waals surface area (Å²) in [6.45, 7) is 5.28. The van der Waals surface area contributed by atoms with E-state index in [0.29, 0.717) is 13.2 Å². The molecule has 1 unspecified atom stereocenters. The average Bonchev–Trinajstić information content (AvgIpc) is 2.78. The molecule has 1 aliphatic rings. The molecule has 0 bridgehead atoms. The van der Waals surface area contributed by atoms with E-state index in [4.69, 9.17) is 15.3 Å². The van der Waals surface area contributed by atoms with Crippen LogP contribution in [0.25, 0.3) is 0 Å². The summed E-state index contributed by atoms with van der Waals surface area (Å²) in [6.07, 6.45) is 6.21. The van der Waals surface area contributed by atoms with Gasteiger partial charge in [0.05, 0.1) is 6.04 Å². The zero-order valence-electron chi connectivity index (χ0n) is 10.6. The summed E-state index contributed by atoms with van der Waals surface area (Å²) < 4.78 is 11.2. The monoisotopic (exact) mass is 230 g/mol. The molecule has 0 radical (unpaired) electrons. The van der Waals surface area contributed by atoms with E-state index in [9.17, 15) is 0 Å². The van der Waals surface area contributed by atoms with Crippen molar-refractivity contribution in [3.63, 3.8) is 0 Å². The fraction of sp³-hybridized carbons (Fsp3) is 1.00. The Labute approximate surface area is 98.8 Å². The molecule has 0 saturated heterocycles. The summed E-state index contributed by atoms with van der Waals surface area (Å²) in [7, 11) is 0. The minimum atomic E-state index is -0.208. The second-order valence-corrected chi connectivity index (χ2v) is 4.44. The molecule has 3 N–H and O–H groups in total. The van der Waals surface area contributed by atoms with Crippen molar-refractivity contribution in [3.05, 3.63) is 0 Å². The number of hydrazine groups is 1. The van der Waals surface area contributed by atoms with E-state index in [-0.39, 0.29) is 12.3 Å². The fourth-order valence-corrected chi connectivity index (χ4v) is 2.47. The van der Waals surface area contributed by atoms with E-state index in [1.807, 2.05) is 13.8 Å². The number of hydrogen-bond acceptors (Lipinski definition) is 4. The third kappa shape index (κ3) is 4.37. The standard InChI is InChI=1S/C12H26N2O2/c1-3-15-12(16-4-2)11(14-13)9-10-7-5-6-8-10/h10-12,14H,3-9,13H2,1-2H3. The molecule has 16 heavy (non-hydrogen) atoms. The Balaban J connectivity index is 2.40. The maximum absolute atomic E-state index is 5.60. The van der Waals surface area contributed by atoms with Crippen molar-refractivity contribution in [2.75, 3.05) is 13.2 Å². The Bertz CT molecular complexity index is 166. The molecule has 0 aliphatic heterocycles. The van der Waals surface area contributed by atoms with E-state index in [1.54, 1.807) is 0 Å². The summed E-state index contributed by atoms with van der Waals surface area (Å²) >= 11 is 0. The Morgan fingerprint density at radius 2 is 1.75 bits per heavy atom. The second-order valence-electron chi connectivity index (χ2n) is 4.44. The molecule has 0 heterocycles. The number of rotatable bonds is 8. The first-order chi connectivity index (χ1) is 7.81. The molecular formula is C12H26N2O2. The van der Waals surface area contributed by atoms with E-state index in [1.165, 1.54) is 25.7 Å². The van der Waals surface area contributed by atoms with Crippen LogP contribution in [-0.2, 0) is 9.47 Å². The first-order valence-corrected chi connectivity index (χ1v) is 6.51. The zero-order valence-corrected chi connectivity index (χ0v) is 10.6. The van der Waals surface area contributed by atoms with E-state index in [2.05, 4.69) is 5.43 Å². The molecule has 0 spiro atoms. The Hall–Kier alpha value is -0.160. The zero-order chi connectivity index (χ0) is 11.8. The maximum Gasteiger partial charge on any atom is 0.173 e. The molecule has 4 nitrogen and oxygen atoms in total. The molecule has 0 aromatic rings. The quantitative estimate of drug-likeness (QED) is 0.379. The lowest BCUT2D eigenvalue weighted by molar-refractivity contribution is -0.156. The predicted molar refractivity (Wildman–Crippen MR) is 64.7 cm³/mol. The SMILES string of the molecule is CCOC(OCC)C(CC1CCCC1)NN. The predicted octanol–water partition coefficient (Wildman–Crippen LogP) is 1.80. The summed E-state index contributed by atoms with van der Waals surface area (Å²) in [5.41, 5.74) is 2.85. The van der Waals surface area contributed by atoms with Gasteiger partial charge in [-0.2, -0.15) is 0 Å². The number of nitrogens with one attached hydrogen (secondary N) is 1. The van der Waals surface area contributed by atoms with Crippen molar-refractivity contribution in [1.82, 2.24) is 5.43 Å². The van der Waals surface area contributed by atoms with Crippen molar-refractivity contribution in [2.24, 2.45) is 11.8 Å². The van der Waals surface area contributed by atoms with Crippen molar-refractivity contribution >= 4 is 0 Å². The van der Waals surface area contributed by atoms with Gasteiger partial charge in [-0.05, 0) is 26.2 Å². The van der Waals surface area contributed by atoms with Crippen LogP contribution >= 0.6 is 0 Å². The van der Waals surface area contributed by atoms with Gasteiger partial charge >= 0.3 is 0 Å². The highest BCUT2D eigenvalue weighted by atomic mass is 16.7. The topological polar surface area (TPSA) is 56.5 Å². The van der Waals surface area contributed by atoms with Gasteiger partial charge in [0.25, 0.3) is 0 Å². The van der Waals surface area contributed by atoms with Gasteiger partial charge in [-0.25, -0.2) is 0 Å². The number of hydrogen-bond donors (Lipinski definition) is 2. The van der Waals surface area contributed by atoms with Gasteiger partial charge in [-0.1, -0.05) is 25.7 Å². The highest BCUT2D eigenvalue weighted by Gasteiger charge is 2.26. The lowest BCUT2D eigenvalue weighted by atomic mass is 9.98. The highest BCUT2D eigenvalue weighted by Crippen LogP contribution is 2.29. The molecule has 0 aromatic heterocycles. The molecule has 96 valence electrons. The van der Waals surface area contributed by atoms with Crippen LogP contribution in [-0.4, -0.2) is 25.5 Å². The molecule has 4 heteroatoms. The summed E-state index contributed by atoms with van der Waals surface area (Å²) in [5.74, 6) is 6.38. The first kappa shape index (κ1) is 13.9. The third-order valence-electron chi connectivity index (χ3n) is 3.27. The molecular weight excluding hydrogens is 204 g/mol. The Morgan fingerprint density at radius 1 is 1.19 bits per heavy atom. The van der Waals surface area contributed by atoms with Crippen LogP contribution < -0.4 is 11.3 Å². The summed E-state index contributed by atoms with van der Waals surface area (Å²) in [4.78, 5) is 0. The van der Waals surface area contributed by atoms with Gasteiger partial charge in [-0.15, -0.1) is 0 Å². The maximum atomic E-state index is 5.60. The molecule has 1 aliphatic carbocycles. The minimum Gasteiger partial charge on any atom is -0.351 e. The third-order valence-corrected chi connectivity index (χ3v) is 3.27. The van der Waals surface area contributed by atoms with Gasteiger partial charge in [0.2, 0.25) is 0 Å². The van der Waals surface area contributed by atoms with Crippen LogP contribution in [0.3, 0.4) is 0 Å². The van der Waals surface area contributed by atoms with Crippen LogP contribution in [0.4, 0.5) is 0 Å². The second kappa shape index (κ2) is 8.01. The normalized spacial score (nSPS) is 19.5. The molecule has 1 saturated carbocycles. The fourth-order valence-electron chi connectivity index (χ4n) is 2.47. The number of ether oxygens (including phenoxy) is 2. The van der Waals surface area contributed by atoms with E-state index >= 15 is 0 Å². The largest absolute Gasteiger partial charge is 0.351 e. The van der Waals surface area contributed by atoms with Crippen LogP contribution in [0.1, 0.15) is 46.0 Å². The van der Waals surface area contributed by atoms with Crippen molar-refractivity contribution in [1.29, 1.82) is 0 Å². The highest BCUT2D eigenvalue weighted by molar-refractivity contribution is 4.76. The van der Waals surface area contributed by atoms with Crippen molar-refractivity contribution < 1.29 is 9.47 Å². The van der Waals surface area contributed by atoms with Crippen LogP contribution in [0.2, 0.25) is 0 Å². The smallest absolute Gasteiger partial charge is 0.173 e. The van der Waals surface area contributed by atoms with E-state index < -0.39 is 0 Å². The van der Waals surface area contributed by atoms with Crippen molar-refractivity contribution in [2.45, 2.75) is 58.3 Å². The average molecular weight is 230 g/mol. The number of nitrogens with two attached hydrogens (primary N) is 1. The molecule has 1 atom stereocenters. The first-order valence-electron chi connectivity index (χ1n) is 6.51. The van der Waals surface area contributed by atoms with Gasteiger partial charge in [0.1, 0.15) is 0 Å². The molecule has 1 fully saturated rings. The summed E-state index contributed by atoms with van der Waals surface area (Å²) in [6, 6.07) is 0.114. The molecule has 0 aromatic carbocycles. The van der Waals surface area contributed by atoms with Gasteiger partial charge in [-0.3, -0.25) is 11.3 Å². The van der Waals surface area contributed by atoms with Crippen molar-refractivity contribution in [3.8, 4) is 0 Å². The molecule has 0 amide bonds. The van der Waals surface area contributed by atoms with Crippen LogP contribution in [0.15, 0.2) is 0 Å². The molecule has 1 rings (SSSR count).